The molecule has 0 aromatic carbocycles. The number of aliphatic hydroxyl groups is 3. The third-order valence-electron chi connectivity index (χ3n) is 3.31. The van der Waals surface area contributed by atoms with Gasteiger partial charge in [-0.05, 0) is 11.9 Å². The molecule has 3 rings (SSSR count). The number of rotatable bonds is 3. The predicted octanol–water partition coefficient (Wildman–Crippen LogP) is -2.01. The minimum atomic E-state index is -1.23. The fraction of sp³-hybridized carbons (Fsp3) is 0.500. The minimum absolute atomic E-state index is 0.00365. The molecule has 11 heteroatoms. The molecule has 0 radical (unpaired) electrons. The Morgan fingerprint density at radius 2 is 2.10 bits per heavy atom. The number of nitrogens with zero attached hydrogens (tertiary/aromatic N) is 4. The van der Waals surface area contributed by atoms with Crippen LogP contribution in [0.2, 0.25) is 0 Å². The van der Waals surface area contributed by atoms with Crippen molar-refractivity contribution in [2.45, 2.75) is 29.6 Å². The molecule has 1 aliphatic rings. The summed E-state index contributed by atoms with van der Waals surface area (Å²) >= 11 is 0.875. The van der Waals surface area contributed by atoms with Gasteiger partial charge in [0.25, 0.3) is 0 Å². The zero-order chi connectivity index (χ0) is 15.1. The molecule has 3 heterocycles. The molecule has 114 valence electrons. The fourth-order valence-electron chi connectivity index (χ4n) is 2.28. The summed E-state index contributed by atoms with van der Waals surface area (Å²) in [4.78, 5) is 12.2. The van der Waals surface area contributed by atoms with E-state index in [0.29, 0.717) is 16.2 Å². The van der Waals surface area contributed by atoms with Crippen molar-refractivity contribution in [3.05, 3.63) is 6.33 Å². The first kappa shape index (κ1) is 14.4. The molecule has 2 aromatic heterocycles. The Kier molecular flexibility index (Phi) is 3.69. The predicted molar refractivity (Wildman–Crippen MR) is 72.8 cm³/mol. The minimum Gasteiger partial charge on any atom is -0.394 e. The molecule has 0 unspecified atom stereocenters. The van der Waals surface area contributed by atoms with Crippen LogP contribution < -0.4 is 10.9 Å². The van der Waals surface area contributed by atoms with Gasteiger partial charge in [-0.25, -0.2) is 9.97 Å². The number of anilines is 1. The molecule has 0 spiro atoms. The summed E-state index contributed by atoms with van der Waals surface area (Å²) in [6.07, 6.45) is -2.87. The first-order chi connectivity index (χ1) is 10.1. The van der Waals surface area contributed by atoms with Gasteiger partial charge in [0.05, 0.1) is 12.9 Å². The van der Waals surface area contributed by atoms with Gasteiger partial charge < -0.3 is 25.8 Å². The Balaban J connectivity index is 2.07. The number of aromatic nitrogens is 4. The van der Waals surface area contributed by atoms with E-state index in [4.69, 9.17) is 20.7 Å². The maximum atomic E-state index is 10.0. The summed E-state index contributed by atoms with van der Waals surface area (Å²) in [6.45, 7) is -0.414. The van der Waals surface area contributed by atoms with E-state index in [-0.39, 0.29) is 5.95 Å². The molecule has 1 fully saturated rings. The average Bonchev–Trinajstić information content (AvgIpc) is 3.01. The van der Waals surface area contributed by atoms with Crippen LogP contribution in [0.5, 0.6) is 0 Å². The number of fused-ring (bicyclic) bond motifs is 1. The monoisotopic (exact) mass is 314 g/mol. The number of hydrogen-bond acceptors (Lipinski definition) is 10. The maximum Gasteiger partial charge on any atom is 0.223 e. The van der Waals surface area contributed by atoms with Crippen molar-refractivity contribution >= 4 is 29.1 Å². The molecule has 7 N–H and O–H groups in total. The van der Waals surface area contributed by atoms with E-state index in [1.807, 2.05) is 0 Å². The Morgan fingerprint density at radius 1 is 1.33 bits per heavy atom. The number of nitrogen functional groups attached to an aromatic ring is 1. The topological polar surface area (TPSA) is 166 Å². The molecular formula is C10H14N6O4S. The highest BCUT2D eigenvalue weighted by Gasteiger charge is 2.44. The zero-order valence-corrected chi connectivity index (χ0v) is 11.5. The van der Waals surface area contributed by atoms with E-state index in [1.165, 1.54) is 10.9 Å². The van der Waals surface area contributed by atoms with Gasteiger partial charge in [-0.2, -0.15) is 4.98 Å². The number of ether oxygens (including phenoxy) is 1. The van der Waals surface area contributed by atoms with Crippen molar-refractivity contribution in [2.75, 3.05) is 12.3 Å². The summed E-state index contributed by atoms with van der Waals surface area (Å²) in [5.74, 6) is 0.00365. The van der Waals surface area contributed by atoms with Gasteiger partial charge in [0, 0.05) is 0 Å². The van der Waals surface area contributed by atoms with Crippen LogP contribution in [0.1, 0.15) is 6.23 Å². The molecule has 4 atom stereocenters. The summed E-state index contributed by atoms with van der Waals surface area (Å²) in [7, 11) is 0. The largest absolute Gasteiger partial charge is 0.394 e. The third-order valence-corrected chi connectivity index (χ3v) is 3.82. The van der Waals surface area contributed by atoms with Crippen LogP contribution in [0.25, 0.3) is 11.2 Å². The lowest BCUT2D eigenvalue weighted by Gasteiger charge is -2.16. The van der Waals surface area contributed by atoms with Crippen molar-refractivity contribution in [1.82, 2.24) is 19.5 Å². The van der Waals surface area contributed by atoms with E-state index >= 15 is 0 Å². The van der Waals surface area contributed by atoms with E-state index in [2.05, 4.69) is 15.0 Å². The van der Waals surface area contributed by atoms with Gasteiger partial charge >= 0.3 is 0 Å². The van der Waals surface area contributed by atoms with Gasteiger partial charge in [0.1, 0.15) is 28.9 Å². The van der Waals surface area contributed by atoms with Crippen molar-refractivity contribution in [3.63, 3.8) is 0 Å². The summed E-state index contributed by atoms with van der Waals surface area (Å²) in [5.41, 5.74) is 6.35. The molecule has 21 heavy (non-hydrogen) atoms. The Morgan fingerprint density at radius 3 is 2.71 bits per heavy atom. The van der Waals surface area contributed by atoms with Gasteiger partial charge in [-0.1, -0.05) is 0 Å². The van der Waals surface area contributed by atoms with Gasteiger partial charge in [-0.15, -0.1) is 0 Å². The zero-order valence-electron chi connectivity index (χ0n) is 10.7. The van der Waals surface area contributed by atoms with Crippen LogP contribution in [0.4, 0.5) is 5.95 Å². The van der Waals surface area contributed by atoms with Crippen molar-refractivity contribution in [2.24, 2.45) is 5.14 Å². The van der Waals surface area contributed by atoms with E-state index in [9.17, 15) is 10.2 Å². The van der Waals surface area contributed by atoms with Crippen molar-refractivity contribution < 1.29 is 20.1 Å². The third kappa shape index (κ3) is 2.23. The highest BCUT2D eigenvalue weighted by atomic mass is 32.2. The smallest absolute Gasteiger partial charge is 0.223 e. The first-order valence-corrected chi connectivity index (χ1v) is 6.94. The first-order valence-electron chi connectivity index (χ1n) is 6.06. The van der Waals surface area contributed by atoms with Crippen LogP contribution in [0.15, 0.2) is 11.4 Å². The number of hydrogen-bond donors (Lipinski definition) is 5. The van der Waals surface area contributed by atoms with E-state index < -0.39 is 31.1 Å². The van der Waals surface area contributed by atoms with Crippen LogP contribution in [-0.4, -0.2) is 59.8 Å². The average molecular weight is 314 g/mol. The Bertz CT molecular complexity index is 666. The molecule has 0 amide bonds. The summed E-state index contributed by atoms with van der Waals surface area (Å²) in [6, 6.07) is 0. The Labute approximate surface area is 122 Å². The van der Waals surface area contributed by atoms with E-state index in [0.717, 1.165) is 11.9 Å². The van der Waals surface area contributed by atoms with Gasteiger partial charge in [-0.3, -0.25) is 9.71 Å². The second kappa shape index (κ2) is 5.36. The molecule has 0 aliphatic carbocycles. The molecule has 1 saturated heterocycles. The van der Waals surface area contributed by atoms with Crippen LogP contribution >= 0.6 is 11.9 Å². The molecule has 1 aliphatic heterocycles. The van der Waals surface area contributed by atoms with Crippen molar-refractivity contribution in [1.29, 1.82) is 0 Å². The SMILES string of the molecule is NSc1nc(N)nc2c1ncn2[C@@H]1O[C@H](CO)[C@@H](O)[C@H]1O. The summed E-state index contributed by atoms with van der Waals surface area (Å²) < 4.78 is 6.86. The second-order valence-corrected chi connectivity index (χ2v) is 5.18. The van der Waals surface area contributed by atoms with Crippen LogP contribution in [0.3, 0.4) is 0 Å². The number of aliphatic hydroxyl groups excluding tert-OH is 3. The molecule has 0 saturated carbocycles. The normalized spacial score (nSPS) is 29.3. The van der Waals surface area contributed by atoms with Gasteiger partial charge in [0.2, 0.25) is 5.95 Å². The number of imidazole rings is 1. The van der Waals surface area contributed by atoms with Crippen LogP contribution in [0, 0.1) is 0 Å². The fourth-order valence-corrected chi connectivity index (χ4v) is 2.69. The molecule has 0 bridgehead atoms. The van der Waals surface area contributed by atoms with Crippen molar-refractivity contribution in [3.8, 4) is 0 Å². The highest BCUT2D eigenvalue weighted by Crippen LogP contribution is 2.32. The van der Waals surface area contributed by atoms with E-state index in [1.54, 1.807) is 0 Å². The molecule has 10 nitrogen and oxygen atoms in total. The Hall–Kier alpha value is -1.50. The maximum absolute atomic E-state index is 10.0. The molecule has 2 aromatic rings. The lowest BCUT2D eigenvalue weighted by molar-refractivity contribution is -0.0511. The lowest BCUT2D eigenvalue weighted by atomic mass is 10.1. The quantitative estimate of drug-likeness (QED) is 0.315. The standard InChI is InChI=1S/C10H14N6O4S/c11-10-14-7-4(8(15-10)21-12)13-2-16(7)9-6(19)5(18)3(1-17)20-9/h2-3,5-6,9,17-19H,1,12H2,(H2,11,14,15)/t3-,5-,6-,9-/m1/s1. The lowest BCUT2D eigenvalue weighted by Crippen LogP contribution is -2.33. The highest BCUT2D eigenvalue weighted by molar-refractivity contribution is 7.97. The summed E-state index contributed by atoms with van der Waals surface area (Å²) in [5, 5.41) is 34.9. The van der Waals surface area contributed by atoms with Gasteiger partial charge in [0.15, 0.2) is 11.9 Å². The molecular weight excluding hydrogens is 300 g/mol. The second-order valence-electron chi connectivity index (χ2n) is 4.56. The van der Waals surface area contributed by atoms with Crippen LogP contribution in [-0.2, 0) is 4.74 Å². The number of nitrogens with two attached hydrogens (primary N) is 2.